The molecule has 5 nitrogen and oxygen atoms in total. The smallest absolute Gasteiger partial charge is 0.287 e. The van der Waals surface area contributed by atoms with Gasteiger partial charge < -0.3 is 0 Å². The van der Waals surface area contributed by atoms with Crippen LogP contribution in [0.5, 0.6) is 0 Å². The zero-order chi connectivity index (χ0) is 21.6. The number of urea groups is 1. The van der Waals surface area contributed by atoms with E-state index in [9.17, 15) is 17.6 Å². The summed E-state index contributed by atoms with van der Waals surface area (Å²) in [7, 11) is -4.18. The van der Waals surface area contributed by atoms with Gasteiger partial charge in [0.25, 0.3) is 10.0 Å². The molecule has 154 valence electrons. The number of amides is 2. The minimum atomic E-state index is -4.18. The second-order valence-electron chi connectivity index (χ2n) is 7.47. The maximum Gasteiger partial charge on any atom is 0.343 e. The lowest BCUT2D eigenvalue weighted by molar-refractivity contribution is 0.253. The Bertz CT molecular complexity index is 1270. The van der Waals surface area contributed by atoms with Gasteiger partial charge in [-0.25, -0.2) is 17.6 Å². The molecule has 0 radical (unpaired) electrons. The molecule has 0 bridgehead atoms. The number of anilines is 2. The minimum Gasteiger partial charge on any atom is -0.287 e. The van der Waals surface area contributed by atoms with Gasteiger partial charge in [0.05, 0.1) is 17.9 Å². The summed E-state index contributed by atoms with van der Waals surface area (Å²) in [5.41, 5.74) is 3.60. The summed E-state index contributed by atoms with van der Waals surface area (Å²) in [6.45, 7) is 5.68. The highest BCUT2D eigenvalue weighted by Crippen LogP contribution is 2.38. The van der Waals surface area contributed by atoms with Crippen LogP contribution in [-0.4, -0.2) is 14.4 Å². The third-order valence-corrected chi connectivity index (χ3v) is 7.05. The van der Waals surface area contributed by atoms with Gasteiger partial charge in [0, 0.05) is 0 Å². The number of hydrogen-bond acceptors (Lipinski definition) is 3. The van der Waals surface area contributed by atoms with E-state index in [0.717, 1.165) is 22.8 Å². The molecule has 0 saturated heterocycles. The van der Waals surface area contributed by atoms with Crippen LogP contribution in [0.1, 0.15) is 22.3 Å². The number of carbonyl (C=O) groups excluding carboxylic acids is 1. The highest BCUT2D eigenvalue weighted by atomic mass is 32.2. The van der Waals surface area contributed by atoms with Gasteiger partial charge in [-0.15, -0.1) is 0 Å². The van der Waals surface area contributed by atoms with E-state index in [1.165, 1.54) is 23.1 Å². The van der Waals surface area contributed by atoms with Crippen LogP contribution >= 0.6 is 0 Å². The van der Waals surface area contributed by atoms with Gasteiger partial charge in [-0.1, -0.05) is 42.0 Å². The summed E-state index contributed by atoms with van der Waals surface area (Å²) in [4.78, 5) is 14.9. The minimum absolute atomic E-state index is 0.0101. The van der Waals surface area contributed by atoms with E-state index < -0.39 is 21.9 Å². The van der Waals surface area contributed by atoms with E-state index in [0.29, 0.717) is 15.6 Å². The van der Waals surface area contributed by atoms with Crippen LogP contribution in [0.25, 0.3) is 0 Å². The van der Waals surface area contributed by atoms with Gasteiger partial charge in [0.1, 0.15) is 10.7 Å². The first kappa shape index (κ1) is 20.1. The van der Waals surface area contributed by atoms with Crippen LogP contribution in [0.4, 0.5) is 20.6 Å². The fourth-order valence-corrected chi connectivity index (χ4v) is 5.15. The van der Waals surface area contributed by atoms with E-state index in [1.807, 2.05) is 32.0 Å². The Morgan fingerprint density at radius 1 is 0.900 bits per heavy atom. The van der Waals surface area contributed by atoms with Crippen molar-refractivity contribution in [2.24, 2.45) is 0 Å². The molecule has 7 heteroatoms. The van der Waals surface area contributed by atoms with Crippen LogP contribution in [0.3, 0.4) is 0 Å². The van der Waals surface area contributed by atoms with Crippen molar-refractivity contribution in [2.45, 2.75) is 32.2 Å². The van der Waals surface area contributed by atoms with E-state index >= 15 is 0 Å². The number of hydrogen-bond donors (Lipinski definition) is 0. The lowest BCUT2D eigenvalue weighted by Gasteiger charge is -2.36. The lowest BCUT2D eigenvalue weighted by Crippen LogP contribution is -2.50. The molecule has 1 heterocycles. The number of para-hydroxylation sites is 1. The second kappa shape index (κ2) is 7.25. The Kier molecular flexibility index (Phi) is 4.86. The van der Waals surface area contributed by atoms with Gasteiger partial charge in [-0.2, -0.15) is 4.31 Å². The van der Waals surface area contributed by atoms with E-state index in [1.54, 1.807) is 25.1 Å². The summed E-state index contributed by atoms with van der Waals surface area (Å²) >= 11 is 0. The fraction of sp³-hybridized carbons (Fsp3) is 0.174. The molecule has 0 saturated carbocycles. The maximum absolute atomic E-state index is 14.2. The first-order valence-electron chi connectivity index (χ1n) is 9.48. The topological polar surface area (TPSA) is 57.7 Å². The summed E-state index contributed by atoms with van der Waals surface area (Å²) in [6, 6.07) is 15.5. The molecule has 0 aromatic heterocycles. The summed E-state index contributed by atoms with van der Waals surface area (Å²) in [5, 5.41) is 0. The predicted octanol–water partition coefficient (Wildman–Crippen LogP) is 5.09. The summed E-state index contributed by atoms with van der Waals surface area (Å²) in [5.74, 6) is -0.574. The molecule has 0 N–H and O–H groups in total. The average molecular weight is 424 g/mol. The Hall–Kier alpha value is -3.19. The lowest BCUT2D eigenvalue weighted by atomic mass is 10.0. The van der Waals surface area contributed by atoms with Gasteiger partial charge >= 0.3 is 6.03 Å². The van der Waals surface area contributed by atoms with E-state index in [-0.39, 0.29) is 17.1 Å². The molecule has 0 fully saturated rings. The zero-order valence-electron chi connectivity index (χ0n) is 16.9. The number of sulfonamides is 1. The van der Waals surface area contributed by atoms with Crippen LogP contribution in [0, 0.1) is 26.6 Å². The highest BCUT2D eigenvalue weighted by molar-refractivity contribution is 7.94. The third kappa shape index (κ3) is 3.25. The molecule has 3 aromatic rings. The standard InChI is InChI=1S/C23H21FN2O3S/c1-15-8-9-16(2)18(12-15)14-25-21-6-4-5-7-22(21)30(28,29)26(23(25)27)19-11-10-17(3)20(24)13-19/h4-13H,14H2,1-3H3. The first-order valence-corrected chi connectivity index (χ1v) is 10.9. The number of halogens is 1. The van der Waals surface area contributed by atoms with Crippen molar-refractivity contribution in [1.29, 1.82) is 0 Å². The third-order valence-electron chi connectivity index (χ3n) is 5.30. The van der Waals surface area contributed by atoms with Crippen molar-refractivity contribution in [3.8, 4) is 0 Å². The number of benzene rings is 3. The van der Waals surface area contributed by atoms with Gasteiger partial charge in [-0.3, -0.25) is 4.90 Å². The normalized spacial score (nSPS) is 15.3. The molecule has 4 rings (SSSR count). The van der Waals surface area contributed by atoms with Crippen molar-refractivity contribution in [3.05, 3.63) is 88.7 Å². The molecular weight excluding hydrogens is 403 g/mol. The summed E-state index contributed by atoms with van der Waals surface area (Å²) in [6.07, 6.45) is 0. The van der Waals surface area contributed by atoms with E-state index in [4.69, 9.17) is 0 Å². The van der Waals surface area contributed by atoms with Crippen molar-refractivity contribution in [2.75, 3.05) is 9.21 Å². The van der Waals surface area contributed by atoms with Crippen molar-refractivity contribution in [1.82, 2.24) is 0 Å². The van der Waals surface area contributed by atoms with Gasteiger partial charge in [0.2, 0.25) is 0 Å². The van der Waals surface area contributed by atoms with Crippen LogP contribution in [-0.2, 0) is 16.6 Å². The average Bonchev–Trinajstić information content (AvgIpc) is 2.70. The SMILES string of the molecule is Cc1ccc(C)c(CN2C(=O)N(c3ccc(C)c(F)c3)S(=O)(=O)c3ccccc32)c1. The molecule has 1 aliphatic heterocycles. The second-order valence-corrected chi connectivity index (χ2v) is 9.22. The van der Waals surface area contributed by atoms with Crippen molar-refractivity contribution < 1.29 is 17.6 Å². The number of rotatable bonds is 3. The predicted molar refractivity (Wildman–Crippen MR) is 115 cm³/mol. The molecule has 0 aliphatic carbocycles. The molecule has 0 atom stereocenters. The molecule has 3 aromatic carbocycles. The molecule has 2 amide bonds. The fourth-order valence-electron chi connectivity index (χ4n) is 3.56. The van der Waals surface area contributed by atoms with Crippen molar-refractivity contribution >= 4 is 27.4 Å². The Balaban J connectivity index is 1.89. The van der Waals surface area contributed by atoms with Gasteiger partial charge in [-0.05, 0) is 61.7 Å². The molecular formula is C23H21FN2O3S. The monoisotopic (exact) mass is 424 g/mol. The van der Waals surface area contributed by atoms with Gasteiger partial charge in [0.15, 0.2) is 0 Å². The number of nitrogens with zero attached hydrogens (tertiary/aromatic N) is 2. The molecule has 0 spiro atoms. The Labute approximate surface area is 175 Å². The summed E-state index contributed by atoms with van der Waals surface area (Å²) < 4.78 is 41.5. The van der Waals surface area contributed by atoms with Crippen molar-refractivity contribution in [3.63, 3.8) is 0 Å². The zero-order valence-corrected chi connectivity index (χ0v) is 17.7. The first-order chi connectivity index (χ1) is 14.2. The number of fused-ring (bicyclic) bond motifs is 1. The largest absolute Gasteiger partial charge is 0.343 e. The Morgan fingerprint density at radius 2 is 1.60 bits per heavy atom. The highest BCUT2D eigenvalue weighted by Gasteiger charge is 2.42. The van der Waals surface area contributed by atoms with Crippen LogP contribution < -0.4 is 9.21 Å². The number of aryl methyl sites for hydroxylation is 3. The van der Waals surface area contributed by atoms with Crippen LogP contribution in [0.15, 0.2) is 65.6 Å². The van der Waals surface area contributed by atoms with E-state index in [2.05, 4.69) is 0 Å². The maximum atomic E-state index is 14.2. The molecule has 1 aliphatic rings. The quantitative estimate of drug-likeness (QED) is 0.589. The number of carbonyl (C=O) groups is 1. The Morgan fingerprint density at radius 3 is 2.33 bits per heavy atom. The van der Waals surface area contributed by atoms with Crippen LogP contribution in [0.2, 0.25) is 0 Å². The molecule has 0 unspecified atom stereocenters. The molecule has 30 heavy (non-hydrogen) atoms.